The average molecular weight is 1050 g/mol. The molecule has 0 unspecified atom stereocenters. The number of aromatic carboxylic acids is 2. The van der Waals surface area contributed by atoms with Gasteiger partial charge < -0.3 is 83.2 Å². The van der Waals surface area contributed by atoms with E-state index < -0.39 is 11.9 Å². The van der Waals surface area contributed by atoms with Crippen molar-refractivity contribution >= 4 is 34.0 Å². The van der Waals surface area contributed by atoms with Gasteiger partial charge in [-0.25, -0.2) is 38.9 Å². The largest absolute Gasteiger partial charge is 3.00 e. The minimum atomic E-state index is -1.07. The van der Waals surface area contributed by atoms with E-state index in [-0.39, 0.29) is 123 Å². The van der Waals surface area contributed by atoms with E-state index >= 15 is 0 Å². The molecule has 0 saturated heterocycles. The minimum absolute atomic E-state index is 0. The summed E-state index contributed by atoms with van der Waals surface area (Å²) in [5, 5.41) is 27.5. The molecule has 0 aliphatic heterocycles. The van der Waals surface area contributed by atoms with Crippen molar-refractivity contribution in [1.29, 1.82) is 0 Å². The van der Waals surface area contributed by atoms with Crippen LogP contribution in [-0.4, -0.2) is 72.6 Å². The number of carboxylic acid groups (broad SMARTS) is 2. The van der Waals surface area contributed by atoms with E-state index in [1.54, 1.807) is 70.5 Å². The topological polar surface area (TPSA) is 225 Å². The molecule has 14 nitrogen and oxygen atoms in total. The molecule has 0 spiro atoms. The number of hydrogen-bond acceptors (Lipinski definition) is 8. The maximum absolute atomic E-state index is 10.9. The summed E-state index contributed by atoms with van der Waals surface area (Å²) in [6, 6.07) is 41.1. The molecule has 0 fully saturated rings. The Kier molecular flexibility index (Phi) is 35.3. The van der Waals surface area contributed by atoms with E-state index in [1.165, 1.54) is 12.1 Å². The number of nitrogens with zero attached hydrogens (tertiary/aromatic N) is 8. The van der Waals surface area contributed by atoms with Crippen LogP contribution in [0.5, 0.6) is 0 Å². The van der Waals surface area contributed by atoms with Crippen LogP contribution in [0.1, 0.15) is 21.0 Å². The summed E-state index contributed by atoms with van der Waals surface area (Å²) < 4.78 is 3.18. The molecule has 8 rings (SSSR count). The van der Waals surface area contributed by atoms with Crippen molar-refractivity contribution in [2.75, 3.05) is 0 Å². The van der Waals surface area contributed by atoms with Crippen molar-refractivity contribution in [2.24, 2.45) is 0 Å². The number of carbonyl (C=O) groups is 2. The first-order valence-corrected chi connectivity index (χ1v) is 14.5. The van der Waals surface area contributed by atoms with E-state index in [0.717, 1.165) is 10.8 Å². The van der Waals surface area contributed by atoms with Gasteiger partial charge >= 0.3 is 50.9 Å². The van der Waals surface area contributed by atoms with Gasteiger partial charge in [-0.05, 0) is 60.7 Å². The van der Waals surface area contributed by atoms with Crippen LogP contribution in [0.4, 0.5) is 0 Å². The summed E-state index contributed by atoms with van der Waals surface area (Å²) in [5.41, 5.74) is 0.742. The Morgan fingerprint density at radius 1 is 0.439 bits per heavy atom. The van der Waals surface area contributed by atoms with Crippen molar-refractivity contribution in [2.45, 2.75) is 0 Å². The first-order chi connectivity index (χ1) is 23.5. The first kappa shape index (κ1) is 61.8. The molecule has 1 radical (unpaired) electrons. The van der Waals surface area contributed by atoms with Gasteiger partial charge in [0.2, 0.25) is 0 Å². The summed E-state index contributed by atoms with van der Waals surface area (Å²) in [6.07, 6.45) is 6.81. The van der Waals surface area contributed by atoms with Gasteiger partial charge in [0.25, 0.3) is 0 Å². The third-order valence-electron chi connectivity index (χ3n) is 6.33. The van der Waals surface area contributed by atoms with Crippen molar-refractivity contribution in [3.63, 3.8) is 0 Å². The summed E-state index contributed by atoms with van der Waals surface area (Å²) >= 11 is 0. The standard InChI is InChI=1S/2C12H8N4O2.2C6H6.5ClH.2H2O.2Ru/c2*17-12(18)9-4-2-8-3-5-10(15-11(8)14-9)16-7-1-6-13-16;2*1-2-4-6-5-3-1;;;;;;;;;/h2*1-7H,(H,17,18);2*1-6H;5*1H;2*1H2;;/q;;;;;;;;;;;+2;+3/p-5. The average Bonchev–Trinajstić information content (AvgIpc) is 3.89. The quantitative estimate of drug-likeness (QED) is 0.159. The zero-order valence-electron chi connectivity index (χ0n) is 28.9. The normalized spacial score (nSPS) is 8.42. The van der Waals surface area contributed by atoms with Crippen LogP contribution in [-0.2, 0) is 39.0 Å². The van der Waals surface area contributed by atoms with Gasteiger partial charge in [0.05, 0.1) is 0 Å². The predicted molar refractivity (Wildman–Crippen MR) is 187 cm³/mol. The Labute approximate surface area is 383 Å². The van der Waals surface area contributed by atoms with Crippen LogP contribution >= 0.6 is 0 Å². The van der Waals surface area contributed by atoms with Crippen LogP contribution in [0, 0.1) is 0 Å². The first-order valence-electron chi connectivity index (χ1n) is 14.5. The van der Waals surface area contributed by atoms with E-state index in [0.29, 0.717) is 22.9 Å². The van der Waals surface area contributed by atoms with Crippen molar-refractivity contribution in [3.8, 4) is 11.6 Å². The number of rotatable bonds is 4. The van der Waals surface area contributed by atoms with E-state index in [1.807, 2.05) is 84.9 Å². The SMILES string of the molecule is O.O.O=C(O)c1ccc2ccc(-n3cccn3)nc2n1.O=C(O)c1ccc2ccc(-n3cccn3)nc2n1.[Cl-].[Cl-].[Cl-].[Cl-].[Cl-].[Ru+2].[Ru+3].c1ccccc1.c1ccccc1. The maximum atomic E-state index is 10.9. The number of benzene rings is 2. The molecule has 21 heteroatoms. The Balaban J connectivity index is -0.000000219. The van der Waals surface area contributed by atoms with Crippen LogP contribution in [0.2, 0.25) is 0 Å². The van der Waals surface area contributed by atoms with Crippen LogP contribution in [0.15, 0.2) is 158 Å². The summed E-state index contributed by atoms with van der Waals surface area (Å²) in [6.45, 7) is 0. The molecule has 6 aromatic heterocycles. The predicted octanol–water partition coefficient (Wildman–Crippen LogP) is -10.2. The Hall–Kier alpha value is -4.46. The van der Waals surface area contributed by atoms with Crippen molar-refractivity contribution in [3.05, 3.63) is 170 Å². The molecule has 0 amide bonds. The van der Waals surface area contributed by atoms with Crippen molar-refractivity contribution < 1.29 is 132 Å². The summed E-state index contributed by atoms with van der Waals surface area (Å²) in [4.78, 5) is 38.3. The molecular formula is C36H32Cl5N8O6Ru2. The molecule has 6 heterocycles. The zero-order valence-corrected chi connectivity index (χ0v) is 36.2. The fourth-order valence-corrected chi connectivity index (χ4v) is 4.05. The second-order valence-electron chi connectivity index (χ2n) is 9.65. The van der Waals surface area contributed by atoms with Crippen LogP contribution in [0.25, 0.3) is 33.7 Å². The van der Waals surface area contributed by atoms with Gasteiger partial charge in [-0.1, -0.05) is 72.8 Å². The van der Waals surface area contributed by atoms with Gasteiger partial charge in [0.15, 0.2) is 34.3 Å². The molecule has 6 N–H and O–H groups in total. The third-order valence-corrected chi connectivity index (χ3v) is 6.33. The number of fused-ring (bicyclic) bond motifs is 2. The Morgan fingerprint density at radius 2 is 0.719 bits per heavy atom. The molecule has 0 aliphatic carbocycles. The number of carboxylic acids is 2. The van der Waals surface area contributed by atoms with Gasteiger partial charge in [-0.3, -0.25) is 0 Å². The van der Waals surface area contributed by atoms with Gasteiger partial charge in [-0.2, -0.15) is 10.2 Å². The molecule has 57 heavy (non-hydrogen) atoms. The Bertz CT molecular complexity index is 2020. The van der Waals surface area contributed by atoms with E-state index in [4.69, 9.17) is 10.2 Å². The third kappa shape index (κ3) is 19.0. The molecular weight excluding hydrogens is 1020 g/mol. The minimum Gasteiger partial charge on any atom is -1.00 e. The monoisotopic (exact) mass is 1050 g/mol. The van der Waals surface area contributed by atoms with Gasteiger partial charge in [0.1, 0.15) is 0 Å². The number of aromatic nitrogens is 8. The molecule has 8 aromatic rings. The second-order valence-corrected chi connectivity index (χ2v) is 9.65. The molecule has 2 aromatic carbocycles. The smallest absolute Gasteiger partial charge is 1.00 e. The van der Waals surface area contributed by atoms with Gasteiger partial charge in [0, 0.05) is 35.6 Å². The molecule has 0 saturated carbocycles. The van der Waals surface area contributed by atoms with Crippen LogP contribution in [0.3, 0.4) is 0 Å². The summed E-state index contributed by atoms with van der Waals surface area (Å²) in [5.74, 6) is -0.934. The molecule has 0 atom stereocenters. The number of halogens is 5. The Morgan fingerprint density at radius 3 is 0.965 bits per heavy atom. The maximum Gasteiger partial charge on any atom is 3.00 e. The number of hydrogen-bond donors (Lipinski definition) is 2. The summed E-state index contributed by atoms with van der Waals surface area (Å²) in [7, 11) is 0. The second kappa shape index (κ2) is 32.6. The van der Waals surface area contributed by atoms with E-state index in [2.05, 4.69) is 30.1 Å². The van der Waals surface area contributed by atoms with Crippen LogP contribution < -0.4 is 62.0 Å². The fourth-order valence-electron chi connectivity index (χ4n) is 4.05. The zero-order chi connectivity index (χ0) is 33.6. The molecule has 0 bridgehead atoms. The number of pyridine rings is 4. The molecule has 0 aliphatic rings. The van der Waals surface area contributed by atoms with Gasteiger partial charge in [-0.15, -0.1) is 0 Å². The fraction of sp³-hybridized carbons (Fsp3) is 0. The molecule has 303 valence electrons. The van der Waals surface area contributed by atoms with Crippen molar-refractivity contribution in [1.82, 2.24) is 39.5 Å². The van der Waals surface area contributed by atoms with E-state index in [9.17, 15) is 9.59 Å².